The molecule has 4 aromatic carbocycles. The molecule has 6 nitrogen and oxygen atoms in total. The predicted octanol–water partition coefficient (Wildman–Crippen LogP) is 11.4. The number of aromatic nitrogens is 4. The molecular formula is C45H46N4O2Pt. The number of rotatable bonds is 11. The third-order valence-corrected chi connectivity index (χ3v) is 9.07. The first kappa shape index (κ1) is 37.1. The van der Waals surface area contributed by atoms with Crippen LogP contribution in [0.1, 0.15) is 71.3 Å². The van der Waals surface area contributed by atoms with Gasteiger partial charge in [0.05, 0.1) is 11.8 Å². The van der Waals surface area contributed by atoms with Crippen LogP contribution in [0.5, 0.6) is 17.2 Å². The zero-order chi connectivity index (χ0) is 35.7. The molecule has 0 saturated heterocycles. The molecule has 0 aliphatic rings. The summed E-state index contributed by atoms with van der Waals surface area (Å²) in [7, 11) is 0. The second-order valence-electron chi connectivity index (χ2n) is 14.8. The molecule has 0 radical (unpaired) electrons. The molecule has 0 aliphatic heterocycles. The number of pyridine rings is 1. The van der Waals surface area contributed by atoms with Crippen molar-refractivity contribution < 1.29 is 30.5 Å². The Kier molecular flexibility index (Phi) is 11.1. The van der Waals surface area contributed by atoms with Gasteiger partial charge in [-0.1, -0.05) is 87.7 Å². The van der Waals surface area contributed by atoms with E-state index in [-0.39, 0.29) is 32.6 Å². The van der Waals surface area contributed by atoms with E-state index in [1.807, 2.05) is 50.2 Å². The summed E-state index contributed by atoms with van der Waals surface area (Å²) in [6, 6.07) is 38.3. The summed E-state index contributed by atoms with van der Waals surface area (Å²) in [6.07, 6.45) is 5.69. The summed E-state index contributed by atoms with van der Waals surface area (Å²) in [5.74, 6) is 2.72. The van der Waals surface area contributed by atoms with Crippen LogP contribution in [0.2, 0.25) is 0 Å². The first-order valence-corrected chi connectivity index (χ1v) is 18.0. The normalized spacial score (nSPS) is 11.7. The Balaban J connectivity index is 0.00000464. The Bertz CT molecular complexity index is 2310. The van der Waals surface area contributed by atoms with Gasteiger partial charge in [-0.05, 0) is 74.2 Å². The van der Waals surface area contributed by atoms with Gasteiger partial charge in [-0.2, -0.15) is 17.2 Å². The van der Waals surface area contributed by atoms with Crippen LogP contribution < -0.4 is 9.47 Å². The van der Waals surface area contributed by atoms with E-state index in [1.165, 1.54) is 22.4 Å². The molecule has 0 amide bonds. The maximum atomic E-state index is 6.54. The third kappa shape index (κ3) is 7.88. The molecule has 3 aromatic heterocycles. The van der Waals surface area contributed by atoms with Crippen LogP contribution in [0.25, 0.3) is 44.4 Å². The van der Waals surface area contributed by atoms with E-state index in [0.29, 0.717) is 11.5 Å². The van der Waals surface area contributed by atoms with Crippen molar-refractivity contribution in [2.45, 2.75) is 80.3 Å². The van der Waals surface area contributed by atoms with Crippen LogP contribution in [0, 0.1) is 24.5 Å². The maximum Gasteiger partial charge on any atom is 2.00 e. The molecule has 0 saturated carbocycles. The fourth-order valence-electron chi connectivity index (χ4n) is 6.67. The van der Waals surface area contributed by atoms with Gasteiger partial charge in [-0.3, -0.25) is 4.68 Å². The van der Waals surface area contributed by atoms with Crippen LogP contribution in [0.3, 0.4) is 0 Å². The van der Waals surface area contributed by atoms with Crippen molar-refractivity contribution in [2.75, 3.05) is 0 Å². The molecule has 7 aromatic rings. The van der Waals surface area contributed by atoms with Gasteiger partial charge in [0.25, 0.3) is 0 Å². The molecule has 0 fully saturated rings. The second kappa shape index (κ2) is 15.5. The smallest absolute Gasteiger partial charge is 0.509 e. The zero-order valence-electron chi connectivity index (χ0n) is 31.1. The van der Waals surface area contributed by atoms with Crippen LogP contribution in [-0.2, 0) is 33.9 Å². The summed E-state index contributed by atoms with van der Waals surface area (Å²) in [5.41, 5.74) is 8.97. The molecule has 7 heteroatoms. The molecule has 268 valence electrons. The van der Waals surface area contributed by atoms with Crippen molar-refractivity contribution in [1.82, 2.24) is 19.3 Å². The van der Waals surface area contributed by atoms with E-state index in [9.17, 15) is 0 Å². The number of ether oxygens (including phenoxy) is 2. The van der Waals surface area contributed by atoms with Crippen molar-refractivity contribution in [3.8, 4) is 39.9 Å². The van der Waals surface area contributed by atoms with Crippen molar-refractivity contribution in [3.63, 3.8) is 0 Å². The summed E-state index contributed by atoms with van der Waals surface area (Å²) < 4.78 is 16.8. The maximum absolute atomic E-state index is 6.54. The second-order valence-corrected chi connectivity index (χ2v) is 14.8. The van der Waals surface area contributed by atoms with Crippen LogP contribution in [0.4, 0.5) is 0 Å². The van der Waals surface area contributed by atoms with E-state index in [1.54, 1.807) is 6.20 Å². The van der Waals surface area contributed by atoms with Crippen LogP contribution in [-0.4, -0.2) is 25.4 Å². The van der Waals surface area contributed by atoms with E-state index < -0.39 is 0 Å². The first-order chi connectivity index (χ1) is 24.6. The predicted molar refractivity (Wildman–Crippen MR) is 208 cm³/mol. The van der Waals surface area contributed by atoms with E-state index in [4.69, 9.17) is 19.6 Å². The number of benzene rings is 4. The van der Waals surface area contributed by atoms with Crippen LogP contribution in [0.15, 0.2) is 97.2 Å². The van der Waals surface area contributed by atoms with Gasteiger partial charge < -0.3 is 14.0 Å². The molecule has 0 aliphatic carbocycles. The fourth-order valence-corrected chi connectivity index (χ4v) is 6.67. The number of aryl methyl sites for hydroxylation is 2. The van der Waals surface area contributed by atoms with Crippen molar-refractivity contribution in [2.24, 2.45) is 5.41 Å². The molecule has 0 bridgehead atoms. The monoisotopic (exact) mass is 869 g/mol. The minimum absolute atomic E-state index is 0. The Morgan fingerprint density at radius 3 is 2.35 bits per heavy atom. The van der Waals surface area contributed by atoms with Crippen molar-refractivity contribution in [3.05, 3.63) is 126 Å². The topological polar surface area (TPSA) is 54.1 Å². The Morgan fingerprint density at radius 1 is 0.827 bits per heavy atom. The largest absolute Gasteiger partial charge is 2.00 e. The van der Waals surface area contributed by atoms with Gasteiger partial charge in [0.2, 0.25) is 0 Å². The van der Waals surface area contributed by atoms with E-state index >= 15 is 0 Å². The molecule has 0 N–H and O–H groups in total. The third-order valence-electron chi connectivity index (χ3n) is 9.07. The molecule has 52 heavy (non-hydrogen) atoms. The Hall–Kier alpha value is -4.67. The van der Waals surface area contributed by atoms with Gasteiger partial charge in [0.1, 0.15) is 11.6 Å². The SMILES string of the molecule is CCCc1nn(-c2[c-]c(Oc3[c-]c4c(cc3)c3ccccc3n4-c3cc(OC(C)C)ccn3)ccc2)c(CCC(C)(C)C)c1-c1ccc(C)cc1.[Pt+2]. The van der Waals surface area contributed by atoms with Crippen molar-refractivity contribution in [1.29, 1.82) is 0 Å². The molecule has 0 spiro atoms. The quantitative estimate of drug-likeness (QED) is 0.122. The first-order valence-electron chi connectivity index (χ1n) is 18.0. The number of nitrogens with zero attached hydrogens (tertiary/aromatic N) is 4. The van der Waals surface area contributed by atoms with Crippen LogP contribution >= 0.6 is 0 Å². The molecule has 7 rings (SSSR count). The summed E-state index contributed by atoms with van der Waals surface area (Å²) in [4.78, 5) is 4.74. The van der Waals surface area contributed by atoms with Gasteiger partial charge in [0.15, 0.2) is 0 Å². The minimum Gasteiger partial charge on any atom is -0.509 e. The van der Waals surface area contributed by atoms with Crippen molar-refractivity contribution >= 4 is 21.8 Å². The summed E-state index contributed by atoms with van der Waals surface area (Å²) in [5, 5.41) is 7.44. The number of hydrogen-bond donors (Lipinski definition) is 0. The fraction of sp³-hybridized carbons (Fsp3) is 0.289. The average Bonchev–Trinajstić information content (AvgIpc) is 3.63. The Morgan fingerprint density at radius 2 is 1.60 bits per heavy atom. The number of para-hydroxylation sites is 1. The Labute approximate surface area is 322 Å². The molecule has 0 unspecified atom stereocenters. The van der Waals surface area contributed by atoms with E-state index in [0.717, 1.165) is 70.4 Å². The van der Waals surface area contributed by atoms with Gasteiger partial charge in [-0.25, -0.2) is 4.98 Å². The summed E-state index contributed by atoms with van der Waals surface area (Å²) in [6.45, 7) is 15.3. The zero-order valence-corrected chi connectivity index (χ0v) is 33.3. The van der Waals surface area contributed by atoms with Gasteiger partial charge in [0, 0.05) is 40.5 Å². The molecular weight excluding hydrogens is 824 g/mol. The number of fused-ring (bicyclic) bond motifs is 3. The molecule has 0 atom stereocenters. The standard InChI is InChI=1S/C45H46N4O2.Pt/c1-8-12-39-44(32-19-17-31(4)18-20-32)41(23-25-45(5,6)7)49(47-39)33-13-11-14-34(27-33)51-35-21-22-38-37-15-9-10-16-40(37)48(42(38)28-35)43-29-36(24-26-46-43)50-30(2)3;/h9-11,13-22,24,26,29-30H,8,12,23,25H2,1-7H3;/q-2;+2. The number of hydrogen-bond acceptors (Lipinski definition) is 4. The van der Waals surface area contributed by atoms with Gasteiger partial charge in [-0.15, -0.1) is 35.7 Å². The minimum atomic E-state index is 0. The van der Waals surface area contributed by atoms with E-state index in [2.05, 4.69) is 111 Å². The average molecular weight is 870 g/mol. The summed E-state index contributed by atoms with van der Waals surface area (Å²) >= 11 is 0. The van der Waals surface area contributed by atoms with Gasteiger partial charge >= 0.3 is 21.1 Å². The molecule has 3 heterocycles.